The molecule has 1 heterocycles. The van der Waals surface area contributed by atoms with Gasteiger partial charge >= 0.3 is 0 Å². The Hall–Kier alpha value is -1.35. The standard InChI is InChI=1S/C26H38O5SSi/c1-18-23(31-33(6,7)26(2,3)4)24(29-17-19-13-15-20(28-5)16-14-19)22(27)25(30-18)32-21-11-9-8-10-12-21/h8-16,18,22-25,27H,17H2,1-7H3/t18-,22+,23-,24-,25-/m1/s1. The normalized spacial score (nSPS) is 26.2. The maximum Gasteiger partial charge on any atom is 0.192 e. The fraction of sp³-hybridized carbons (Fsp3) is 0.538. The SMILES string of the molecule is COc1ccc(CO[C@@H]2[C@H](O)[C@@H](Sc3ccccc3)O[C@H](C)[C@H]2O[Si](C)(C)C(C)(C)C)cc1. The Morgan fingerprint density at radius 3 is 2.21 bits per heavy atom. The van der Waals surface area contributed by atoms with E-state index in [4.69, 9.17) is 18.6 Å². The highest BCUT2D eigenvalue weighted by Gasteiger charge is 2.49. The molecular weight excluding hydrogens is 452 g/mol. The van der Waals surface area contributed by atoms with Crippen molar-refractivity contribution in [2.24, 2.45) is 0 Å². The van der Waals surface area contributed by atoms with Crippen LogP contribution in [0.25, 0.3) is 0 Å². The summed E-state index contributed by atoms with van der Waals surface area (Å²) in [6.07, 6.45) is -1.91. The van der Waals surface area contributed by atoms with E-state index >= 15 is 0 Å². The predicted molar refractivity (Wildman–Crippen MR) is 136 cm³/mol. The van der Waals surface area contributed by atoms with E-state index in [0.717, 1.165) is 16.2 Å². The van der Waals surface area contributed by atoms with E-state index in [1.807, 2.05) is 61.5 Å². The van der Waals surface area contributed by atoms with Gasteiger partial charge in [-0.05, 0) is 54.9 Å². The highest BCUT2D eigenvalue weighted by atomic mass is 32.2. The lowest BCUT2D eigenvalue weighted by Gasteiger charge is -2.48. The molecule has 1 aliphatic heterocycles. The molecule has 0 unspecified atom stereocenters. The van der Waals surface area contributed by atoms with Gasteiger partial charge in [0.15, 0.2) is 8.32 Å². The molecule has 33 heavy (non-hydrogen) atoms. The van der Waals surface area contributed by atoms with E-state index < -0.39 is 26.0 Å². The number of aliphatic hydroxyl groups excluding tert-OH is 1. The highest BCUT2D eigenvalue weighted by Crippen LogP contribution is 2.41. The Morgan fingerprint density at radius 2 is 1.64 bits per heavy atom. The van der Waals surface area contributed by atoms with Crippen molar-refractivity contribution in [3.63, 3.8) is 0 Å². The van der Waals surface area contributed by atoms with Crippen LogP contribution in [0.4, 0.5) is 0 Å². The average Bonchev–Trinajstić information content (AvgIpc) is 2.77. The summed E-state index contributed by atoms with van der Waals surface area (Å²) >= 11 is 1.52. The second kappa shape index (κ2) is 10.9. The van der Waals surface area contributed by atoms with Crippen LogP contribution in [0.5, 0.6) is 5.75 Å². The molecule has 0 saturated carbocycles. The smallest absolute Gasteiger partial charge is 0.192 e. The third kappa shape index (κ3) is 6.62. The number of benzene rings is 2. The Balaban J connectivity index is 1.82. The number of ether oxygens (including phenoxy) is 3. The molecule has 182 valence electrons. The molecule has 0 radical (unpaired) electrons. The third-order valence-electron chi connectivity index (χ3n) is 6.58. The minimum absolute atomic E-state index is 0.0356. The van der Waals surface area contributed by atoms with Crippen LogP contribution in [0.2, 0.25) is 18.1 Å². The highest BCUT2D eigenvalue weighted by molar-refractivity contribution is 7.99. The Kier molecular flexibility index (Phi) is 8.69. The molecule has 0 spiro atoms. The summed E-state index contributed by atoms with van der Waals surface area (Å²) in [7, 11) is -0.465. The average molecular weight is 491 g/mol. The van der Waals surface area contributed by atoms with Gasteiger partial charge in [-0.25, -0.2) is 0 Å². The number of methoxy groups -OCH3 is 1. The van der Waals surface area contributed by atoms with E-state index in [2.05, 4.69) is 33.9 Å². The van der Waals surface area contributed by atoms with Crippen LogP contribution < -0.4 is 4.74 Å². The van der Waals surface area contributed by atoms with Crippen molar-refractivity contribution >= 4 is 20.1 Å². The first-order valence-corrected chi connectivity index (χ1v) is 15.3. The molecule has 2 aromatic carbocycles. The first kappa shape index (κ1) is 26.3. The largest absolute Gasteiger partial charge is 0.497 e. The molecule has 3 rings (SSSR count). The van der Waals surface area contributed by atoms with Gasteiger partial charge in [0.2, 0.25) is 0 Å². The monoisotopic (exact) mass is 490 g/mol. The lowest BCUT2D eigenvalue weighted by atomic mass is 10.0. The lowest BCUT2D eigenvalue weighted by molar-refractivity contribution is -0.207. The van der Waals surface area contributed by atoms with E-state index in [0.29, 0.717) is 6.61 Å². The zero-order valence-corrected chi connectivity index (χ0v) is 22.6. The van der Waals surface area contributed by atoms with Crippen molar-refractivity contribution in [3.05, 3.63) is 60.2 Å². The van der Waals surface area contributed by atoms with Crippen LogP contribution in [0.3, 0.4) is 0 Å². The first-order valence-electron chi connectivity index (χ1n) is 11.5. The Bertz CT molecular complexity index is 869. The van der Waals surface area contributed by atoms with Crippen molar-refractivity contribution in [3.8, 4) is 5.75 Å². The molecule has 1 aliphatic rings. The van der Waals surface area contributed by atoms with Gasteiger partial charge in [-0.1, -0.05) is 62.9 Å². The van der Waals surface area contributed by atoms with Gasteiger partial charge in [0.1, 0.15) is 23.4 Å². The minimum Gasteiger partial charge on any atom is -0.497 e. The summed E-state index contributed by atoms with van der Waals surface area (Å²) in [5.41, 5.74) is 0.572. The van der Waals surface area contributed by atoms with Gasteiger partial charge in [-0.3, -0.25) is 0 Å². The summed E-state index contributed by atoms with van der Waals surface area (Å²) in [6, 6.07) is 17.8. The van der Waals surface area contributed by atoms with E-state index in [-0.39, 0.29) is 17.2 Å². The molecule has 0 amide bonds. The topological polar surface area (TPSA) is 57.2 Å². The van der Waals surface area contributed by atoms with Gasteiger partial charge in [-0.15, -0.1) is 0 Å². The minimum atomic E-state index is -2.12. The summed E-state index contributed by atoms with van der Waals surface area (Å²) < 4.78 is 24.7. The van der Waals surface area contributed by atoms with Crippen molar-refractivity contribution in [2.75, 3.05) is 7.11 Å². The fourth-order valence-electron chi connectivity index (χ4n) is 3.50. The van der Waals surface area contributed by atoms with Crippen LogP contribution in [0.15, 0.2) is 59.5 Å². The van der Waals surface area contributed by atoms with Crippen LogP contribution >= 0.6 is 11.8 Å². The Labute approximate surface area is 203 Å². The van der Waals surface area contributed by atoms with Crippen molar-refractivity contribution in [1.29, 1.82) is 0 Å². The number of aliphatic hydroxyl groups is 1. The van der Waals surface area contributed by atoms with Crippen LogP contribution in [0, 0.1) is 0 Å². The van der Waals surface area contributed by atoms with Gasteiger partial charge in [0, 0.05) is 4.90 Å². The van der Waals surface area contributed by atoms with Gasteiger partial charge in [-0.2, -0.15) is 0 Å². The molecule has 5 nitrogen and oxygen atoms in total. The molecule has 5 atom stereocenters. The van der Waals surface area contributed by atoms with Gasteiger partial charge in [0.05, 0.1) is 25.9 Å². The predicted octanol–water partition coefficient (Wildman–Crippen LogP) is 5.87. The van der Waals surface area contributed by atoms with Crippen LogP contribution in [-0.2, 0) is 20.5 Å². The first-order chi connectivity index (χ1) is 15.5. The van der Waals surface area contributed by atoms with E-state index in [9.17, 15) is 5.11 Å². The summed E-state index contributed by atoms with van der Waals surface area (Å²) in [6.45, 7) is 13.5. The molecule has 7 heteroatoms. The summed E-state index contributed by atoms with van der Waals surface area (Å²) in [4.78, 5) is 1.05. The van der Waals surface area contributed by atoms with E-state index in [1.54, 1.807) is 7.11 Å². The van der Waals surface area contributed by atoms with E-state index in [1.165, 1.54) is 11.8 Å². The Morgan fingerprint density at radius 1 is 1.00 bits per heavy atom. The fourth-order valence-corrected chi connectivity index (χ4v) is 5.97. The zero-order chi connectivity index (χ0) is 24.2. The quantitative estimate of drug-likeness (QED) is 0.467. The summed E-state index contributed by atoms with van der Waals surface area (Å²) in [5.74, 6) is 0.803. The molecule has 1 N–H and O–H groups in total. The van der Waals surface area contributed by atoms with Crippen molar-refractivity contribution in [1.82, 2.24) is 0 Å². The molecule has 0 bridgehead atoms. The molecule has 2 aromatic rings. The molecule has 0 aliphatic carbocycles. The zero-order valence-electron chi connectivity index (χ0n) is 20.8. The second-order valence-corrected chi connectivity index (χ2v) is 16.0. The van der Waals surface area contributed by atoms with Gasteiger partial charge < -0.3 is 23.7 Å². The maximum atomic E-state index is 11.4. The van der Waals surface area contributed by atoms with Crippen LogP contribution in [0.1, 0.15) is 33.3 Å². The van der Waals surface area contributed by atoms with Crippen molar-refractivity contribution in [2.45, 2.75) is 87.2 Å². The molecule has 1 fully saturated rings. The summed E-state index contributed by atoms with van der Waals surface area (Å²) in [5, 5.41) is 11.4. The third-order valence-corrected chi connectivity index (χ3v) is 12.2. The lowest BCUT2D eigenvalue weighted by Crippen LogP contribution is -2.61. The number of hydrogen-bond donors (Lipinski definition) is 1. The van der Waals surface area contributed by atoms with Crippen molar-refractivity contribution < 1.29 is 23.7 Å². The number of thioether (sulfide) groups is 1. The molecule has 1 saturated heterocycles. The van der Waals surface area contributed by atoms with Gasteiger partial charge in [0.25, 0.3) is 0 Å². The second-order valence-electron chi connectivity index (χ2n) is 10.1. The van der Waals surface area contributed by atoms with Crippen LogP contribution in [-0.4, -0.2) is 50.4 Å². The number of hydrogen-bond acceptors (Lipinski definition) is 6. The molecule has 0 aromatic heterocycles. The molecular formula is C26H38O5SSi. The number of rotatable bonds is 8. The maximum absolute atomic E-state index is 11.4.